The second-order valence-corrected chi connectivity index (χ2v) is 6.89. The van der Waals surface area contributed by atoms with Crippen molar-refractivity contribution in [3.05, 3.63) is 19.8 Å². The van der Waals surface area contributed by atoms with E-state index in [9.17, 15) is 0 Å². The molecule has 2 heterocycles. The summed E-state index contributed by atoms with van der Waals surface area (Å²) in [7, 11) is 2.19. The fraction of sp³-hybridized carbons (Fsp3) is 0.636. The van der Waals surface area contributed by atoms with Crippen LogP contribution in [0, 0.1) is 0 Å². The molecule has 1 aliphatic heterocycles. The fourth-order valence-electron chi connectivity index (χ4n) is 1.94. The molecule has 0 unspecified atom stereocenters. The molecule has 1 N–H and O–H groups in total. The first-order chi connectivity index (χ1) is 7.65. The van der Waals surface area contributed by atoms with Crippen molar-refractivity contribution in [2.75, 3.05) is 20.1 Å². The van der Waals surface area contributed by atoms with Crippen LogP contribution >= 0.6 is 38.9 Å². The van der Waals surface area contributed by atoms with Crippen molar-refractivity contribution < 1.29 is 0 Å². The molecule has 0 radical (unpaired) electrons. The molecule has 0 aliphatic carbocycles. The second kappa shape index (κ2) is 5.83. The first-order valence-corrected chi connectivity index (χ1v) is 7.49. The second-order valence-electron chi connectivity index (χ2n) is 4.29. The van der Waals surface area contributed by atoms with Crippen LogP contribution in [0.3, 0.4) is 0 Å². The maximum Gasteiger partial charge on any atom is 0.107 e. The van der Waals surface area contributed by atoms with Crippen LogP contribution < -0.4 is 5.32 Å². The standard InChI is InChI=1S/C11H16BrClN2S/c1-15-4-2-8(3-5-15)14-7-9-6-10(12)11(13)16-9/h6,8,14H,2-5,7H2,1H3. The average molecular weight is 324 g/mol. The first kappa shape index (κ1) is 12.8. The summed E-state index contributed by atoms with van der Waals surface area (Å²) < 4.78 is 1.86. The van der Waals surface area contributed by atoms with E-state index >= 15 is 0 Å². The highest BCUT2D eigenvalue weighted by molar-refractivity contribution is 9.10. The van der Waals surface area contributed by atoms with Gasteiger partial charge in [0.2, 0.25) is 0 Å². The summed E-state index contributed by atoms with van der Waals surface area (Å²) in [5.74, 6) is 0. The summed E-state index contributed by atoms with van der Waals surface area (Å²) in [6, 6.07) is 2.77. The highest BCUT2D eigenvalue weighted by atomic mass is 79.9. The Kier molecular flexibility index (Phi) is 4.67. The molecule has 5 heteroatoms. The molecule has 1 aliphatic rings. The molecule has 0 aromatic carbocycles. The molecule has 0 saturated carbocycles. The van der Waals surface area contributed by atoms with Crippen LogP contribution in [0.5, 0.6) is 0 Å². The molecular weight excluding hydrogens is 308 g/mol. The number of hydrogen-bond acceptors (Lipinski definition) is 3. The molecule has 16 heavy (non-hydrogen) atoms. The number of hydrogen-bond donors (Lipinski definition) is 1. The van der Waals surface area contributed by atoms with Gasteiger partial charge < -0.3 is 10.2 Å². The fourth-order valence-corrected chi connectivity index (χ4v) is 3.68. The van der Waals surface area contributed by atoms with E-state index in [1.165, 1.54) is 30.8 Å². The number of piperidine rings is 1. The minimum absolute atomic E-state index is 0.663. The largest absolute Gasteiger partial charge is 0.309 e. The van der Waals surface area contributed by atoms with E-state index in [-0.39, 0.29) is 0 Å². The molecule has 2 rings (SSSR count). The molecule has 2 nitrogen and oxygen atoms in total. The van der Waals surface area contributed by atoms with Crippen molar-refractivity contribution in [3.63, 3.8) is 0 Å². The Labute approximate surface area is 114 Å². The van der Waals surface area contributed by atoms with Gasteiger partial charge in [-0.2, -0.15) is 0 Å². The normalized spacial score (nSPS) is 19.2. The Morgan fingerprint density at radius 2 is 2.25 bits per heavy atom. The van der Waals surface area contributed by atoms with Crippen LogP contribution in [0.2, 0.25) is 4.34 Å². The molecule has 0 spiro atoms. The van der Waals surface area contributed by atoms with Gasteiger partial charge in [-0.15, -0.1) is 11.3 Å². The quantitative estimate of drug-likeness (QED) is 0.917. The van der Waals surface area contributed by atoms with Gasteiger partial charge in [0.05, 0.1) is 0 Å². The zero-order valence-corrected chi connectivity index (χ0v) is 12.5. The third-order valence-corrected chi connectivity index (χ3v) is 5.45. The molecule has 1 aromatic rings. The maximum absolute atomic E-state index is 6.01. The van der Waals surface area contributed by atoms with Gasteiger partial charge in [0.25, 0.3) is 0 Å². The van der Waals surface area contributed by atoms with Crippen LogP contribution in [0.1, 0.15) is 17.7 Å². The summed E-state index contributed by atoms with van der Waals surface area (Å²) in [5.41, 5.74) is 0. The zero-order valence-electron chi connectivity index (χ0n) is 9.30. The number of rotatable bonds is 3. The Morgan fingerprint density at radius 3 is 2.81 bits per heavy atom. The van der Waals surface area contributed by atoms with E-state index in [4.69, 9.17) is 11.6 Å². The van der Waals surface area contributed by atoms with E-state index in [0.717, 1.165) is 15.4 Å². The van der Waals surface area contributed by atoms with Gasteiger partial charge in [0.1, 0.15) is 4.34 Å². The molecular formula is C11H16BrClN2S. The Balaban J connectivity index is 1.79. The third kappa shape index (κ3) is 3.44. The van der Waals surface area contributed by atoms with Crippen molar-refractivity contribution in [2.24, 2.45) is 0 Å². The van der Waals surface area contributed by atoms with Gasteiger partial charge in [0, 0.05) is 21.9 Å². The van der Waals surface area contributed by atoms with Crippen LogP contribution in [0.25, 0.3) is 0 Å². The van der Waals surface area contributed by atoms with Gasteiger partial charge in [-0.25, -0.2) is 0 Å². The lowest BCUT2D eigenvalue weighted by atomic mass is 10.1. The lowest BCUT2D eigenvalue weighted by molar-refractivity contribution is 0.234. The van der Waals surface area contributed by atoms with Gasteiger partial charge in [-0.3, -0.25) is 0 Å². The van der Waals surface area contributed by atoms with Crippen LogP contribution in [0.4, 0.5) is 0 Å². The van der Waals surface area contributed by atoms with Crippen molar-refractivity contribution in [1.29, 1.82) is 0 Å². The number of nitrogens with zero attached hydrogens (tertiary/aromatic N) is 1. The van der Waals surface area contributed by atoms with Crippen LogP contribution in [0.15, 0.2) is 10.5 Å². The predicted molar refractivity (Wildman–Crippen MR) is 74.4 cm³/mol. The number of nitrogens with one attached hydrogen (secondary N) is 1. The minimum atomic E-state index is 0.663. The molecule has 0 bridgehead atoms. The van der Waals surface area contributed by atoms with E-state index in [2.05, 4.69) is 39.3 Å². The summed E-state index contributed by atoms with van der Waals surface area (Å²) in [6.07, 6.45) is 2.49. The average Bonchev–Trinajstić information content (AvgIpc) is 2.58. The minimum Gasteiger partial charge on any atom is -0.309 e. The predicted octanol–water partition coefficient (Wildman–Crippen LogP) is 3.35. The smallest absolute Gasteiger partial charge is 0.107 e. The lowest BCUT2D eigenvalue weighted by Crippen LogP contribution is -2.40. The summed E-state index contributed by atoms with van der Waals surface area (Å²) >= 11 is 11.1. The van der Waals surface area contributed by atoms with Crippen molar-refractivity contribution in [3.8, 4) is 0 Å². The van der Waals surface area contributed by atoms with Gasteiger partial charge in [0.15, 0.2) is 0 Å². The molecule has 1 fully saturated rings. The Morgan fingerprint density at radius 1 is 1.56 bits per heavy atom. The Bertz CT molecular complexity index is 328. The van der Waals surface area contributed by atoms with Crippen molar-refractivity contribution in [1.82, 2.24) is 10.2 Å². The molecule has 90 valence electrons. The van der Waals surface area contributed by atoms with Crippen LogP contribution in [-0.4, -0.2) is 31.1 Å². The Hall–Kier alpha value is 0.390. The monoisotopic (exact) mass is 322 g/mol. The number of likely N-dealkylation sites (tertiary alicyclic amines) is 1. The summed E-state index contributed by atoms with van der Waals surface area (Å²) in [4.78, 5) is 3.69. The van der Waals surface area contributed by atoms with E-state index < -0.39 is 0 Å². The number of thiophene rings is 1. The van der Waals surface area contributed by atoms with E-state index in [1.807, 2.05) is 0 Å². The first-order valence-electron chi connectivity index (χ1n) is 5.51. The molecule has 1 aromatic heterocycles. The topological polar surface area (TPSA) is 15.3 Å². The van der Waals surface area contributed by atoms with Crippen molar-refractivity contribution >= 4 is 38.9 Å². The van der Waals surface area contributed by atoms with Gasteiger partial charge in [-0.05, 0) is 55.0 Å². The molecule has 0 atom stereocenters. The molecule has 1 saturated heterocycles. The highest BCUT2D eigenvalue weighted by Crippen LogP contribution is 2.31. The van der Waals surface area contributed by atoms with Crippen molar-refractivity contribution in [2.45, 2.75) is 25.4 Å². The van der Waals surface area contributed by atoms with Gasteiger partial charge >= 0.3 is 0 Å². The van der Waals surface area contributed by atoms with Crippen LogP contribution in [-0.2, 0) is 6.54 Å². The lowest BCUT2D eigenvalue weighted by Gasteiger charge is -2.29. The number of halogens is 2. The summed E-state index contributed by atoms with van der Waals surface area (Å²) in [6.45, 7) is 3.34. The zero-order chi connectivity index (χ0) is 11.5. The van der Waals surface area contributed by atoms with E-state index in [1.54, 1.807) is 11.3 Å². The SMILES string of the molecule is CN1CCC(NCc2cc(Br)c(Cl)s2)CC1. The highest BCUT2D eigenvalue weighted by Gasteiger charge is 2.16. The maximum atomic E-state index is 6.01. The van der Waals surface area contributed by atoms with E-state index in [0.29, 0.717) is 6.04 Å². The van der Waals surface area contributed by atoms with Gasteiger partial charge in [-0.1, -0.05) is 11.6 Å². The third-order valence-electron chi connectivity index (χ3n) is 2.98. The summed E-state index contributed by atoms with van der Waals surface area (Å²) in [5, 5.41) is 3.60. The molecule has 0 amide bonds.